The normalized spacial score (nSPS) is 30.0. The fourth-order valence-electron chi connectivity index (χ4n) is 3.59. The van der Waals surface area contributed by atoms with Gasteiger partial charge in [-0.25, -0.2) is 17.8 Å². The first-order valence-corrected chi connectivity index (χ1v) is 9.43. The summed E-state index contributed by atoms with van der Waals surface area (Å²) in [6.07, 6.45) is 4.61. The standard InChI is InChI=1S/C12H20BrN5O2S/c1-17-9-3-4-10(17)6-8(5-9)7-14-21(19,20)12-11(13)15-16-18(12)2/h8-10,14H,3-7H2,1-2H3. The van der Waals surface area contributed by atoms with Crippen molar-refractivity contribution in [3.8, 4) is 0 Å². The van der Waals surface area contributed by atoms with Crippen molar-refractivity contribution in [2.45, 2.75) is 42.8 Å². The molecule has 0 aromatic carbocycles. The maximum absolute atomic E-state index is 12.4. The number of halogens is 1. The van der Waals surface area contributed by atoms with Crippen molar-refractivity contribution in [1.29, 1.82) is 0 Å². The lowest BCUT2D eigenvalue weighted by atomic mass is 9.91. The van der Waals surface area contributed by atoms with Crippen molar-refractivity contribution in [3.05, 3.63) is 4.60 Å². The van der Waals surface area contributed by atoms with E-state index in [0.717, 1.165) is 12.8 Å². The zero-order chi connectivity index (χ0) is 15.2. The molecule has 2 aliphatic rings. The average Bonchev–Trinajstić information content (AvgIpc) is 2.85. The van der Waals surface area contributed by atoms with Crippen LogP contribution >= 0.6 is 15.9 Å². The van der Waals surface area contributed by atoms with Crippen LogP contribution in [0, 0.1) is 5.92 Å². The van der Waals surface area contributed by atoms with Crippen LogP contribution in [0.5, 0.6) is 0 Å². The summed E-state index contributed by atoms with van der Waals surface area (Å²) < 4.78 is 29.0. The van der Waals surface area contributed by atoms with E-state index in [1.807, 2.05) is 0 Å². The second kappa shape index (κ2) is 5.60. The van der Waals surface area contributed by atoms with E-state index < -0.39 is 10.0 Å². The SMILES string of the molecule is CN1C2CCC1CC(CNS(=O)(=O)c1c(Br)nnn1C)C2. The molecule has 0 aliphatic carbocycles. The molecule has 2 fully saturated rings. The van der Waals surface area contributed by atoms with Crippen molar-refractivity contribution in [1.82, 2.24) is 24.6 Å². The van der Waals surface area contributed by atoms with Crippen LogP contribution in [0.15, 0.2) is 9.63 Å². The van der Waals surface area contributed by atoms with Crippen LogP contribution < -0.4 is 4.72 Å². The molecule has 1 N–H and O–H groups in total. The summed E-state index contributed by atoms with van der Waals surface area (Å²) in [6, 6.07) is 1.23. The zero-order valence-corrected chi connectivity index (χ0v) is 14.6. The quantitative estimate of drug-likeness (QED) is 0.836. The molecule has 2 saturated heterocycles. The Balaban J connectivity index is 1.66. The van der Waals surface area contributed by atoms with Gasteiger partial charge in [0.2, 0.25) is 5.03 Å². The van der Waals surface area contributed by atoms with E-state index in [-0.39, 0.29) is 9.63 Å². The lowest BCUT2D eigenvalue weighted by molar-refractivity contribution is 0.135. The molecule has 3 rings (SSSR count). The first kappa shape index (κ1) is 15.4. The van der Waals surface area contributed by atoms with E-state index in [1.54, 1.807) is 7.05 Å². The summed E-state index contributed by atoms with van der Waals surface area (Å²) in [6.45, 7) is 0.487. The van der Waals surface area contributed by atoms with Gasteiger partial charge in [0.15, 0.2) is 4.60 Å². The minimum atomic E-state index is -3.58. The number of sulfonamides is 1. The number of aromatic nitrogens is 3. The number of nitrogens with one attached hydrogen (secondary N) is 1. The highest BCUT2D eigenvalue weighted by Gasteiger charge is 2.38. The largest absolute Gasteiger partial charge is 0.300 e. The molecule has 2 aliphatic heterocycles. The molecule has 0 amide bonds. The molecule has 2 unspecified atom stereocenters. The highest BCUT2D eigenvalue weighted by atomic mass is 79.9. The first-order chi connectivity index (χ1) is 9.88. The van der Waals surface area contributed by atoms with Gasteiger partial charge < -0.3 is 4.90 Å². The van der Waals surface area contributed by atoms with Gasteiger partial charge in [-0.1, -0.05) is 5.21 Å². The average molecular weight is 378 g/mol. The molecule has 1 aromatic heterocycles. The summed E-state index contributed by atoms with van der Waals surface area (Å²) in [7, 11) is 0.175. The third kappa shape index (κ3) is 2.88. The molecular formula is C12H20BrN5O2S. The van der Waals surface area contributed by atoms with Gasteiger partial charge in [-0.05, 0) is 54.6 Å². The van der Waals surface area contributed by atoms with E-state index >= 15 is 0 Å². The third-order valence-corrected chi connectivity index (χ3v) is 7.06. The Morgan fingerprint density at radius 1 is 1.29 bits per heavy atom. The number of fused-ring (bicyclic) bond motifs is 2. The van der Waals surface area contributed by atoms with Crippen LogP contribution in [0.25, 0.3) is 0 Å². The van der Waals surface area contributed by atoms with E-state index in [9.17, 15) is 8.42 Å². The Labute approximate surface area is 133 Å². The fourth-order valence-corrected chi connectivity index (χ4v) is 5.80. The Kier molecular flexibility index (Phi) is 4.10. The van der Waals surface area contributed by atoms with Gasteiger partial charge in [0, 0.05) is 25.7 Å². The lowest BCUT2D eigenvalue weighted by Crippen LogP contribution is -2.43. The minimum absolute atomic E-state index is 0.0819. The van der Waals surface area contributed by atoms with Crippen molar-refractivity contribution in [2.24, 2.45) is 13.0 Å². The Hall–Kier alpha value is -0.510. The fraction of sp³-hybridized carbons (Fsp3) is 0.833. The zero-order valence-electron chi connectivity index (χ0n) is 12.2. The molecule has 0 radical (unpaired) electrons. The highest BCUT2D eigenvalue weighted by Crippen LogP contribution is 2.37. The molecule has 2 atom stereocenters. The third-order valence-electron chi connectivity index (χ3n) is 4.75. The van der Waals surface area contributed by atoms with Crippen molar-refractivity contribution >= 4 is 26.0 Å². The van der Waals surface area contributed by atoms with Gasteiger partial charge in [0.25, 0.3) is 10.0 Å². The molecular weight excluding hydrogens is 358 g/mol. The summed E-state index contributed by atoms with van der Waals surface area (Å²) in [5, 5.41) is 7.52. The smallest absolute Gasteiger partial charge is 0.260 e. The lowest BCUT2D eigenvalue weighted by Gasteiger charge is -2.36. The van der Waals surface area contributed by atoms with Crippen molar-refractivity contribution in [2.75, 3.05) is 13.6 Å². The molecule has 2 bridgehead atoms. The molecule has 0 spiro atoms. The van der Waals surface area contributed by atoms with Crippen LogP contribution in [-0.2, 0) is 17.1 Å². The van der Waals surface area contributed by atoms with E-state index in [0.29, 0.717) is 24.5 Å². The number of piperidine rings is 1. The summed E-state index contributed by atoms with van der Waals surface area (Å²) in [4.78, 5) is 2.45. The Bertz CT molecular complexity index is 598. The van der Waals surface area contributed by atoms with Gasteiger partial charge in [0.1, 0.15) is 0 Å². The number of hydrogen-bond acceptors (Lipinski definition) is 5. The van der Waals surface area contributed by atoms with Gasteiger partial charge >= 0.3 is 0 Å². The number of aryl methyl sites for hydroxylation is 1. The Morgan fingerprint density at radius 2 is 1.90 bits per heavy atom. The molecule has 118 valence electrons. The van der Waals surface area contributed by atoms with Crippen molar-refractivity contribution < 1.29 is 8.42 Å². The van der Waals surface area contributed by atoms with E-state index in [1.165, 1.54) is 17.5 Å². The molecule has 9 heteroatoms. The number of hydrogen-bond donors (Lipinski definition) is 1. The van der Waals surface area contributed by atoms with Crippen LogP contribution in [-0.4, -0.2) is 54.0 Å². The van der Waals surface area contributed by atoms with Crippen LogP contribution in [0.1, 0.15) is 25.7 Å². The molecule has 1 aromatic rings. The maximum Gasteiger partial charge on any atom is 0.260 e. The monoisotopic (exact) mass is 377 g/mol. The van der Waals surface area contributed by atoms with Crippen LogP contribution in [0.4, 0.5) is 0 Å². The molecule has 21 heavy (non-hydrogen) atoms. The molecule has 0 saturated carbocycles. The second-order valence-electron chi connectivity index (χ2n) is 6.05. The van der Waals surface area contributed by atoms with Gasteiger partial charge in [-0.3, -0.25) is 0 Å². The number of nitrogens with zero attached hydrogens (tertiary/aromatic N) is 4. The van der Waals surface area contributed by atoms with Crippen LogP contribution in [0.3, 0.4) is 0 Å². The van der Waals surface area contributed by atoms with Gasteiger partial charge in [0.05, 0.1) is 0 Å². The van der Waals surface area contributed by atoms with E-state index in [4.69, 9.17) is 0 Å². The van der Waals surface area contributed by atoms with Gasteiger partial charge in [-0.15, -0.1) is 5.10 Å². The summed E-state index contributed by atoms with van der Waals surface area (Å²) in [5.74, 6) is 0.411. The number of rotatable bonds is 4. The first-order valence-electron chi connectivity index (χ1n) is 7.15. The highest BCUT2D eigenvalue weighted by molar-refractivity contribution is 9.10. The van der Waals surface area contributed by atoms with Gasteiger partial charge in [-0.2, -0.15) is 0 Å². The minimum Gasteiger partial charge on any atom is -0.300 e. The van der Waals surface area contributed by atoms with Crippen LogP contribution in [0.2, 0.25) is 0 Å². The second-order valence-corrected chi connectivity index (χ2v) is 8.48. The molecule has 3 heterocycles. The topological polar surface area (TPSA) is 80.1 Å². The predicted octanol–water partition coefficient (Wildman–Crippen LogP) is 0.729. The summed E-state index contributed by atoms with van der Waals surface area (Å²) in [5.41, 5.74) is 0. The molecule has 7 nitrogen and oxygen atoms in total. The van der Waals surface area contributed by atoms with Crippen molar-refractivity contribution in [3.63, 3.8) is 0 Å². The van der Waals surface area contributed by atoms with E-state index in [2.05, 4.69) is 42.9 Å². The summed E-state index contributed by atoms with van der Waals surface area (Å²) >= 11 is 3.14. The maximum atomic E-state index is 12.4. The Morgan fingerprint density at radius 3 is 2.43 bits per heavy atom. The predicted molar refractivity (Wildman–Crippen MR) is 81.2 cm³/mol.